The Kier molecular flexibility index (Phi) is 5.76. The minimum absolute atomic E-state index is 0.0434. The van der Waals surface area contributed by atoms with Crippen LogP contribution in [-0.2, 0) is 0 Å². The van der Waals surface area contributed by atoms with E-state index in [1.54, 1.807) is 19.4 Å². The van der Waals surface area contributed by atoms with Gasteiger partial charge in [-0.25, -0.2) is 0 Å². The third-order valence-electron chi connectivity index (χ3n) is 8.22. The van der Waals surface area contributed by atoms with E-state index in [-0.39, 0.29) is 18.0 Å². The summed E-state index contributed by atoms with van der Waals surface area (Å²) < 4.78 is 7.29. The van der Waals surface area contributed by atoms with Gasteiger partial charge in [-0.2, -0.15) is 5.10 Å². The molecule has 184 valence electrons. The van der Waals surface area contributed by atoms with Gasteiger partial charge < -0.3 is 10.1 Å². The lowest BCUT2D eigenvalue weighted by Crippen LogP contribution is -2.53. The molecule has 0 aliphatic heterocycles. The molecule has 0 radical (unpaired) electrons. The summed E-state index contributed by atoms with van der Waals surface area (Å²) in [6, 6.07) is 20.3. The minimum Gasteiger partial charge on any atom is -0.497 e. The Bertz CT molecular complexity index is 1430. The summed E-state index contributed by atoms with van der Waals surface area (Å²) >= 11 is 6.52. The SMILES string of the molecule is COc1cccc(-c2ccc([C@@H](C)n3ncc4c(Cl)ccc(C(=O)NC5CC6(CCC6)C5)c43)cc2)c1. The molecule has 1 amide bonds. The topological polar surface area (TPSA) is 56.2 Å². The number of rotatable bonds is 6. The molecular formula is C30H30ClN3O2. The van der Waals surface area contributed by atoms with Gasteiger partial charge in [0.2, 0.25) is 0 Å². The summed E-state index contributed by atoms with van der Waals surface area (Å²) in [5.41, 5.74) is 5.24. The molecule has 4 aromatic rings. The molecule has 1 N–H and O–H groups in total. The molecule has 0 unspecified atom stereocenters. The van der Waals surface area contributed by atoms with Gasteiger partial charge in [-0.1, -0.05) is 54.4 Å². The molecule has 2 aliphatic carbocycles. The van der Waals surface area contributed by atoms with Crippen molar-refractivity contribution in [3.05, 3.63) is 83.0 Å². The van der Waals surface area contributed by atoms with Crippen LogP contribution in [0.25, 0.3) is 22.0 Å². The van der Waals surface area contributed by atoms with Gasteiger partial charge in [0, 0.05) is 11.4 Å². The second-order valence-electron chi connectivity index (χ2n) is 10.4. The number of nitrogens with zero attached hydrogens (tertiary/aromatic N) is 2. The maximum Gasteiger partial charge on any atom is 0.253 e. The molecule has 3 aromatic carbocycles. The molecule has 1 spiro atoms. The standard InChI is InChI=1S/C30H30ClN3O2/c1-19(20-7-9-21(10-8-20)22-5-3-6-24(15-22)36-2)34-28-25(11-12-27(31)26(28)18-32-34)29(35)33-23-16-30(17-23)13-4-14-30/h3,5-12,15,18-19,23H,4,13-14,16-17H2,1-2H3,(H,33,35)/t19-/m1/s1. The number of carbonyl (C=O) groups is 1. The Balaban J connectivity index is 1.28. The van der Waals surface area contributed by atoms with E-state index >= 15 is 0 Å². The number of benzene rings is 3. The van der Waals surface area contributed by atoms with Crippen LogP contribution in [0.1, 0.15) is 61.0 Å². The fourth-order valence-corrected chi connectivity index (χ4v) is 6.14. The van der Waals surface area contributed by atoms with Crippen molar-refractivity contribution in [3.8, 4) is 16.9 Å². The van der Waals surface area contributed by atoms with Gasteiger partial charge >= 0.3 is 0 Å². The monoisotopic (exact) mass is 499 g/mol. The van der Waals surface area contributed by atoms with E-state index in [0.717, 1.165) is 46.2 Å². The van der Waals surface area contributed by atoms with Gasteiger partial charge in [0.25, 0.3) is 5.91 Å². The number of fused-ring (bicyclic) bond motifs is 1. The molecule has 5 nitrogen and oxygen atoms in total. The molecule has 2 saturated carbocycles. The third kappa shape index (κ3) is 3.96. The van der Waals surface area contributed by atoms with Crippen LogP contribution in [0.3, 0.4) is 0 Å². The number of methoxy groups -OCH3 is 1. The van der Waals surface area contributed by atoms with E-state index in [4.69, 9.17) is 16.3 Å². The van der Waals surface area contributed by atoms with Gasteiger partial charge in [-0.05, 0) is 79.0 Å². The molecule has 1 aromatic heterocycles. The second kappa shape index (κ2) is 8.97. The number of hydrogen-bond donors (Lipinski definition) is 1. The largest absolute Gasteiger partial charge is 0.497 e. The molecule has 2 fully saturated rings. The highest BCUT2D eigenvalue weighted by molar-refractivity contribution is 6.36. The number of amides is 1. The van der Waals surface area contributed by atoms with Crippen LogP contribution in [0.5, 0.6) is 5.75 Å². The van der Waals surface area contributed by atoms with Crippen LogP contribution in [0.4, 0.5) is 0 Å². The zero-order chi connectivity index (χ0) is 24.9. The fraction of sp³-hybridized carbons (Fsp3) is 0.333. The van der Waals surface area contributed by atoms with Gasteiger partial charge in [-0.3, -0.25) is 9.48 Å². The van der Waals surface area contributed by atoms with E-state index in [1.807, 2.05) is 28.9 Å². The molecule has 0 saturated heterocycles. The Morgan fingerprint density at radius 1 is 1.11 bits per heavy atom. The summed E-state index contributed by atoms with van der Waals surface area (Å²) in [4.78, 5) is 13.3. The molecule has 2 aliphatic rings. The van der Waals surface area contributed by atoms with Crippen LogP contribution in [0.2, 0.25) is 5.02 Å². The van der Waals surface area contributed by atoms with Crippen molar-refractivity contribution in [2.45, 2.75) is 51.1 Å². The van der Waals surface area contributed by atoms with Gasteiger partial charge in [0.05, 0.1) is 35.5 Å². The maximum atomic E-state index is 13.3. The van der Waals surface area contributed by atoms with Crippen LogP contribution in [0, 0.1) is 5.41 Å². The zero-order valence-corrected chi connectivity index (χ0v) is 21.4. The zero-order valence-electron chi connectivity index (χ0n) is 20.6. The van der Waals surface area contributed by atoms with Crippen molar-refractivity contribution >= 4 is 28.4 Å². The quantitative estimate of drug-likeness (QED) is 0.309. The summed E-state index contributed by atoms with van der Waals surface area (Å²) in [7, 11) is 1.68. The van der Waals surface area contributed by atoms with Crippen LogP contribution in [0.15, 0.2) is 66.9 Å². The first-order chi connectivity index (χ1) is 17.5. The van der Waals surface area contributed by atoms with E-state index < -0.39 is 0 Å². The first-order valence-electron chi connectivity index (χ1n) is 12.7. The highest BCUT2D eigenvalue weighted by Gasteiger charge is 2.48. The third-order valence-corrected chi connectivity index (χ3v) is 8.55. The highest BCUT2D eigenvalue weighted by Crippen LogP contribution is 2.55. The minimum atomic E-state index is -0.0752. The van der Waals surface area contributed by atoms with Crippen molar-refractivity contribution in [2.24, 2.45) is 5.41 Å². The Hall–Kier alpha value is -3.31. The molecule has 1 heterocycles. The number of carbonyl (C=O) groups excluding carboxylic acids is 1. The maximum absolute atomic E-state index is 13.3. The average molecular weight is 500 g/mol. The molecule has 6 heteroatoms. The first-order valence-corrected chi connectivity index (χ1v) is 13.1. The number of aromatic nitrogens is 2. The van der Waals surface area contributed by atoms with E-state index in [2.05, 4.69) is 47.7 Å². The summed E-state index contributed by atoms with van der Waals surface area (Å²) in [5, 5.41) is 9.34. The van der Waals surface area contributed by atoms with Crippen molar-refractivity contribution < 1.29 is 9.53 Å². The van der Waals surface area contributed by atoms with E-state index in [0.29, 0.717) is 16.0 Å². The van der Waals surface area contributed by atoms with E-state index in [9.17, 15) is 4.79 Å². The summed E-state index contributed by atoms with van der Waals surface area (Å²) in [6.07, 6.45) is 7.92. The lowest BCUT2D eigenvalue weighted by Gasteiger charge is -2.54. The molecule has 1 atom stereocenters. The van der Waals surface area contributed by atoms with Crippen molar-refractivity contribution in [3.63, 3.8) is 0 Å². The Labute approximate surface area is 216 Å². The van der Waals surface area contributed by atoms with Crippen molar-refractivity contribution in [1.82, 2.24) is 15.1 Å². The normalized spacial score (nSPS) is 17.4. The number of nitrogens with one attached hydrogen (secondary N) is 1. The smallest absolute Gasteiger partial charge is 0.253 e. The van der Waals surface area contributed by atoms with Crippen molar-refractivity contribution in [1.29, 1.82) is 0 Å². The molecule has 36 heavy (non-hydrogen) atoms. The van der Waals surface area contributed by atoms with Gasteiger partial charge in [-0.15, -0.1) is 0 Å². The lowest BCUT2D eigenvalue weighted by atomic mass is 9.54. The van der Waals surface area contributed by atoms with Gasteiger partial charge in [0.1, 0.15) is 5.75 Å². The van der Waals surface area contributed by atoms with Crippen LogP contribution in [-0.4, -0.2) is 28.8 Å². The van der Waals surface area contributed by atoms with Crippen LogP contribution >= 0.6 is 11.6 Å². The Morgan fingerprint density at radius 2 is 1.89 bits per heavy atom. The van der Waals surface area contributed by atoms with Gasteiger partial charge in [0.15, 0.2) is 0 Å². The summed E-state index contributed by atoms with van der Waals surface area (Å²) in [6.45, 7) is 2.10. The number of ether oxygens (including phenoxy) is 1. The second-order valence-corrected chi connectivity index (χ2v) is 10.8. The fourth-order valence-electron chi connectivity index (χ4n) is 5.94. The summed E-state index contributed by atoms with van der Waals surface area (Å²) in [5.74, 6) is 0.790. The highest BCUT2D eigenvalue weighted by atomic mass is 35.5. The molecule has 0 bridgehead atoms. The predicted octanol–water partition coefficient (Wildman–Crippen LogP) is 7.04. The first kappa shape index (κ1) is 23.1. The number of hydrogen-bond acceptors (Lipinski definition) is 3. The van der Waals surface area contributed by atoms with Crippen LogP contribution < -0.4 is 10.1 Å². The van der Waals surface area contributed by atoms with Crippen molar-refractivity contribution in [2.75, 3.05) is 7.11 Å². The number of halogens is 1. The molecular weight excluding hydrogens is 470 g/mol. The predicted molar refractivity (Wildman–Crippen MR) is 144 cm³/mol. The average Bonchev–Trinajstić information content (AvgIpc) is 3.30. The lowest BCUT2D eigenvalue weighted by molar-refractivity contribution is -0.000604. The molecule has 6 rings (SSSR count). The van der Waals surface area contributed by atoms with E-state index in [1.165, 1.54) is 19.3 Å². The Morgan fingerprint density at radius 3 is 2.58 bits per heavy atom.